The van der Waals surface area contributed by atoms with Crippen LogP contribution < -0.4 is 0 Å². The van der Waals surface area contributed by atoms with Gasteiger partial charge in [-0.05, 0) is 217 Å². The Hall–Kier alpha value is -13.5. The number of fused-ring (bicyclic) bond motifs is 15. The molecule has 5 aromatic heterocycles. The summed E-state index contributed by atoms with van der Waals surface area (Å²) in [6.07, 6.45) is 0. The molecule has 130 heavy (non-hydrogen) atoms. The van der Waals surface area contributed by atoms with Crippen LogP contribution in [0.2, 0.25) is 0 Å². The van der Waals surface area contributed by atoms with E-state index in [1.165, 1.54) is 138 Å². The fraction of sp³-hybridized carbons (Fsp3) is 0.232. The lowest BCUT2D eigenvalue weighted by Crippen LogP contribution is -2.22. The molecule has 0 saturated heterocycles. The second kappa shape index (κ2) is 33.2. The Kier molecular flexibility index (Phi) is 21.0. The van der Waals surface area contributed by atoms with Crippen molar-refractivity contribution < 1.29 is 23.2 Å². The minimum Gasteiger partial charge on any atom is -0.456 e. The topological polar surface area (TPSA) is 57.5 Å². The summed E-state index contributed by atoms with van der Waals surface area (Å²) in [5.41, 5.74) is 33.3. The summed E-state index contributed by atoms with van der Waals surface area (Å²) in [6.45, 7) is 49.6. The van der Waals surface area contributed by atoms with Gasteiger partial charge in [0.1, 0.15) is 44.7 Å². The highest BCUT2D eigenvalue weighted by Gasteiger charge is 2.35. The predicted molar refractivity (Wildman–Crippen MR) is 557 cm³/mol. The summed E-state index contributed by atoms with van der Waals surface area (Å²) in [6, 6.07) is 109. The van der Waals surface area contributed by atoms with Crippen molar-refractivity contribution in [2.75, 3.05) is 0 Å². The first-order chi connectivity index (χ1) is 63.6. The smallest absolute Gasteiger partial charge is 0.136 e. The van der Waals surface area contributed by atoms with Gasteiger partial charge in [-0.3, -0.25) is 0 Å². The molecule has 0 spiro atoms. The predicted octanol–water partition coefficient (Wildman–Crippen LogP) is 36.8. The number of para-hydroxylation sites is 2. The molecule has 21 rings (SSSR count). The van der Waals surface area contributed by atoms with E-state index >= 15 is 0 Å². The van der Waals surface area contributed by atoms with Crippen LogP contribution in [0.1, 0.15) is 195 Å². The molecular weight excluding hydrogens is 1580 g/mol. The molecule has 0 aliphatic carbocycles. The fourth-order valence-corrected chi connectivity index (χ4v) is 19.8. The van der Waals surface area contributed by atoms with E-state index in [0.717, 1.165) is 77.7 Å². The van der Waals surface area contributed by atoms with Crippen molar-refractivity contribution in [3.05, 3.63) is 378 Å². The lowest BCUT2D eigenvalue weighted by Gasteiger charge is -2.31. The third-order valence-corrected chi connectivity index (χ3v) is 25.6. The second-order valence-electron chi connectivity index (χ2n) is 42.4. The number of aromatic nitrogens is 1. The van der Waals surface area contributed by atoms with E-state index in [0.29, 0.717) is 11.1 Å². The third-order valence-electron chi connectivity index (χ3n) is 25.6. The number of nitrogens with zero attached hydrogens (tertiary/aromatic N) is 1. The zero-order chi connectivity index (χ0) is 94.9. The first kappa shape index (κ1) is 82.2. The molecule has 5 heteroatoms. The largest absolute Gasteiger partial charge is 0.456 e. The van der Waals surface area contributed by atoms with E-state index in [2.05, 4.69) is 417 Å². The average molecular weight is 1710 g/mol. The van der Waals surface area contributed by atoms with Gasteiger partial charge in [0.25, 0.3) is 0 Å². The van der Waals surface area contributed by atoms with Gasteiger partial charge in [0.15, 0.2) is 0 Å². The first-order valence-electron chi connectivity index (χ1n) is 48.0. The van der Waals surface area contributed by atoms with Gasteiger partial charge in [0.2, 0.25) is 0 Å². The van der Waals surface area contributed by atoms with E-state index in [-0.39, 0.29) is 62.1 Å². The summed E-state index contributed by atoms with van der Waals surface area (Å²) in [5.74, 6) is 0. The monoisotopic (exact) mass is 1700 g/mol. The summed E-state index contributed by atoms with van der Waals surface area (Å²) >= 11 is 0. The van der Waals surface area contributed by atoms with Crippen molar-refractivity contribution in [1.29, 1.82) is 0 Å². The van der Waals surface area contributed by atoms with Gasteiger partial charge >= 0.3 is 0 Å². The molecule has 0 radical (unpaired) electrons. The number of hydrogen-bond donors (Lipinski definition) is 0. The Morgan fingerprint density at radius 3 is 0.885 bits per heavy atom. The van der Waals surface area contributed by atoms with Gasteiger partial charge in [0.05, 0.1) is 22.2 Å². The molecule has 16 aromatic carbocycles. The molecule has 0 amide bonds. The Balaban J connectivity index is 0.000000120. The van der Waals surface area contributed by atoms with Crippen molar-refractivity contribution in [2.24, 2.45) is 0 Å². The normalized spacial score (nSPS) is 13.0. The standard InChI is InChI=1S/C36H40O.C34H27NO.C29H26O.C26H28O/c1-34(2,3)25-20-24(21-26(22-25)35(4,5)6)28-18-19-30-32(33(28)36(7,8)9)31-27(16-13-17-29(31)37-30)23-14-11-10-12-15-23;1-34(2,3)33-28(35-26-17-9-7-14-24(26)25-15-8-10-18-27(25)35)20-21-30-32(33)31-23(16-11-19-29(31)36-30)22-12-5-4-6-13-22;1-19-10-8-13-21(18-19)23-16-17-25-27(28(23)29(2,3)4)26-22(14-9-15-24(26)30-25)20-11-6-5-7-12-20;1-25(2,3)19-15-16-21-23(24(19)26(4,5)6)22-18(13-10-14-20(22)27-21)17-11-8-7-9-12-17/h10-22H,1-9H3;4-21H,1-3H3;5-18H,1-4H3;7-16H,1-6H3/i;;8D,10D,13D,18D;. The van der Waals surface area contributed by atoms with Gasteiger partial charge in [-0.1, -0.05) is 418 Å². The second-order valence-corrected chi connectivity index (χ2v) is 42.4. The molecule has 0 bridgehead atoms. The van der Waals surface area contributed by atoms with Crippen LogP contribution in [0, 0.1) is 6.92 Å². The molecule has 650 valence electrons. The molecule has 21 aromatic rings. The van der Waals surface area contributed by atoms with Crippen molar-refractivity contribution in [3.8, 4) is 72.4 Å². The SMILES string of the molecule is CC(C)(C)c1c(-n2c3ccccc3c3ccccc32)ccc2oc3cccc(-c4ccccc4)c3c12.CC(C)(C)c1cc(-c2ccc3oc4cccc(-c5ccccc5)c4c3c2C(C)(C)C)cc(C(C)(C)C)c1.CC(C)(C)c1ccc2oc3cccc(-c4ccccc4)c3c2c1C(C)(C)C.[2H]c1c([2H])c(C)c([2H])c(-c2ccc3oc4cccc(-c5ccccc5)c4c3c2C(C)(C)C)c1[2H]. The van der Waals surface area contributed by atoms with Crippen LogP contribution in [0.3, 0.4) is 0 Å². The van der Waals surface area contributed by atoms with Crippen molar-refractivity contribution in [3.63, 3.8) is 0 Å². The summed E-state index contributed by atoms with van der Waals surface area (Å²) in [4.78, 5) is 0. The Bertz CT molecular complexity index is 7990. The van der Waals surface area contributed by atoms with Gasteiger partial charge in [0, 0.05) is 53.9 Å². The summed E-state index contributed by atoms with van der Waals surface area (Å²) in [5, 5.41) is 11.9. The maximum Gasteiger partial charge on any atom is 0.136 e. The van der Waals surface area contributed by atoms with Crippen LogP contribution >= 0.6 is 0 Å². The van der Waals surface area contributed by atoms with Crippen LogP contribution in [-0.4, -0.2) is 4.57 Å². The molecular formula is C125H121NO4. The maximum atomic E-state index is 8.78. The first-order valence-corrected chi connectivity index (χ1v) is 46.0. The number of hydrogen-bond acceptors (Lipinski definition) is 4. The van der Waals surface area contributed by atoms with E-state index in [4.69, 9.17) is 23.2 Å². The molecule has 0 unspecified atom stereocenters. The Labute approximate surface area is 773 Å². The fourth-order valence-electron chi connectivity index (χ4n) is 19.8. The minimum absolute atomic E-state index is 0.0166. The molecule has 0 aliphatic heterocycles. The lowest BCUT2D eigenvalue weighted by molar-refractivity contribution is 0.534. The maximum absolute atomic E-state index is 8.78. The average Bonchev–Trinajstić information content (AvgIpc) is 1.58. The highest BCUT2D eigenvalue weighted by molar-refractivity contribution is 6.20. The van der Waals surface area contributed by atoms with Crippen molar-refractivity contribution >= 4 is 110 Å². The zero-order valence-corrected chi connectivity index (χ0v) is 79.5. The number of benzene rings is 16. The van der Waals surface area contributed by atoms with Crippen LogP contribution in [0.25, 0.3) is 182 Å². The highest BCUT2D eigenvalue weighted by Crippen LogP contribution is 2.53. The van der Waals surface area contributed by atoms with Crippen LogP contribution in [0.4, 0.5) is 0 Å². The molecule has 0 fully saturated rings. The van der Waals surface area contributed by atoms with E-state index < -0.39 is 0 Å². The third kappa shape index (κ3) is 16.3. The Morgan fingerprint density at radius 2 is 0.538 bits per heavy atom. The molecule has 0 N–H and O–H groups in total. The molecule has 0 atom stereocenters. The Morgan fingerprint density at radius 1 is 0.231 bits per heavy atom. The van der Waals surface area contributed by atoms with E-state index in [1.807, 2.05) is 42.5 Å². The lowest BCUT2D eigenvalue weighted by atomic mass is 9.73. The van der Waals surface area contributed by atoms with Gasteiger partial charge in [-0.15, -0.1) is 0 Å². The summed E-state index contributed by atoms with van der Waals surface area (Å²) in [7, 11) is 0. The number of furan rings is 4. The zero-order valence-electron chi connectivity index (χ0n) is 83.5. The van der Waals surface area contributed by atoms with Gasteiger partial charge in [-0.2, -0.15) is 0 Å². The molecule has 0 saturated carbocycles. The van der Waals surface area contributed by atoms with Crippen LogP contribution in [0.15, 0.2) is 351 Å². The quantitative estimate of drug-likeness (QED) is 0.160. The molecule has 0 aliphatic rings. The summed E-state index contributed by atoms with van der Waals surface area (Å²) < 4.78 is 62.0. The van der Waals surface area contributed by atoms with Crippen molar-refractivity contribution in [1.82, 2.24) is 4.57 Å². The number of rotatable bonds is 7. The van der Waals surface area contributed by atoms with Crippen LogP contribution in [-0.2, 0) is 37.9 Å². The van der Waals surface area contributed by atoms with E-state index in [1.54, 1.807) is 6.92 Å². The molecule has 5 nitrogen and oxygen atoms in total. The minimum atomic E-state index is -0.343. The van der Waals surface area contributed by atoms with Crippen molar-refractivity contribution in [2.45, 2.75) is 190 Å². The molecule has 5 heterocycles. The highest BCUT2D eigenvalue weighted by atomic mass is 16.3. The van der Waals surface area contributed by atoms with Gasteiger partial charge in [-0.25, -0.2) is 0 Å². The van der Waals surface area contributed by atoms with E-state index in [9.17, 15) is 0 Å². The van der Waals surface area contributed by atoms with Gasteiger partial charge < -0.3 is 22.2 Å². The van der Waals surface area contributed by atoms with Crippen LogP contribution in [0.5, 0.6) is 0 Å².